The Kier molecular flexibility index (Phi) is 4.40. The van der Waals surface area contributed by atoms with Gasteiger partial charge in [0, 0.05) is 31.6 Å². The van der Waals surface area contributed by atoms with Crippen LogP contribution < -0.4 is 5.32 Å². The molecule has 0 saturated carbocycles. The summed E-state index contributed by atoms with van der Waals surface area (Å²) in [5.74, 6) is 0. The van der Waals surface area contributed by atoms with Crippen LogP contribution in [0.25, 0.3) is 0 Å². The molecule has 2 atom stereocenters. The maximum atomic E-state index is 12.0. The number of hydrogen-bond acceptors (Lipinski definition) is 2. The molecule has 1 saturated heterocycles. The normalized spacial score (nSPS) is 29.4. The lowest BCUT2D eigenvalue weighted by Crippen LogP contribution is -2.54. The quantitative estimate of drug-likeness (QED) is 0.789. The first kappa shape index (κ1) is 12.8. The Morgan fingerprint density at radius 3 is 2.60 bits per heavy atom. The highest BCUT2D eigenvalue weighted by Crippen LogP contribution is 2.21. The van der Waals surface area contributed by atoms with Crippen molar-refractivity contribution in [3.63, 3.8) is 0 Å². The van der Waals surface area contributed by atoms with Crippen molar-refractivity contribution in [2.75, 3.05) is 19.6 Å². The highest BCUT2D eigenvalue weighted by molar-refractivity contribution is 4.81. The van der Waals surface area contributed by atoms with Crippen LogP contribution in [0.3, 0.4) is 0 Å². The van der Waals surface area contributed by atoms with Gasteiger partial charge in [0.15, 0.2) is 0 Å². The molecule has 5 heteroatoms. The number of halogens is 3. The van der Waals surface area contributed by atoms with Gasteiger partial charge in [-0.2, -0.15) is 13.2 Å². The van der Waals surface area contributed by atoms with Crippen LogP contribution >= 0.6 is 0 Å². The van der Waals surface area contributed by atoms with Crippen LogP contribution in [0.4, 0.5) is 13.2 Å². The Hall–Kier alpha value is -0.290. The van der Waals surface area contributed by atoms with Crippen LogP contribution in [-0.2, 0) is 0 Å². The molecule has 0 bridgehead atoms. The molecule has 2 unspecified atom stereocenters. The third-order valence-electron chi connectivity index (χ3n) is 2.80. The van der Waals surface area contributed by atoms with Crippen LogP contribution in [0.15, 0.2) is 0 Å². The second-order valence-corrected chi connectivity index (χ2v) is 4.37. The highest BCUT2D eigenvalue weighted by Gasteiger charge is 2.28. The Labute approximate surface area is 88.8 Å². The van der Waals surface area contributed by atoms with Gasteiger partial charge in [-0.1, -0.05) is 0 Å². The summed E-state index contributed by atoms with van der Waals surface area (Å²) in [7, 11) is 0. The molecule has 90 valence electrons. The summed E-state index contributed by atoms with van der Waals surface area (Å²) in [6.45, 7) is 6.37. The van der Waals surface area contributed by atoms with Crippen molar-refractivity contribution in [3.05, 3.63) is 0 Å². The fourth-order valence-electron chi connectivity index (χ4n) is 1.89. The van der Waals surface area contributed by atoms with E-state index >= 15 is 0 Å². The number of nitrogens with zero attached hydrogens (tertiary/aromatic N) is 1. The van der Waals surface area contributed by atoms with Crippen LogP contribution in [0.5, 0.6) is 0 Å². The van der Waals surface area contributed by atoms with E-state index in [0.717, 1.165) is 13.1 Å². The summed E-state index contributed by atoms with van der Waals surface area (Å²) in [5.41, 5.74) is 0. The van der Waals surface area contributed by atoms with Gasteiger partial charge in [0.1, 0.15) is 0 Å². The number of nitrogens with one attached hydrogen (secondary N) is 1. The number of piperazine rings is 1. The average Bonchev–Trinajstić information content (AvgIpc) is 2.09. The zero-order chi connectivity index (χ0) is 11.5. The van der Waals surface area contributed by atoms with Crippen LogP contribution in [0.1, 0.15) is 26.7 Å². The van der Waals surface area contributed by atoms with E-state index in [0.29, 0.717) is 18.6 Å². The molecule has 0 spiro atoms. The van der Waals surface area contributed by atoms with Gasteiger partial charge in [-0.25, -0.2) is 0 Å². The lowest BCUT2D eigenvalue weighted by atomic mass is 10.1. The molecule has 1 aliphatic rings. The molecule has 1 rings (SSSR count). The van der Waals surface area contributed by atoms with E-state index < -0.39 is 12.6 Å². The maximum absolute atomic E-state index is 12.0. The maximum Gasteiger partial charge on any atom is 0.389 e. The first-order chi connectivity index (χ1) is 6.88. The van der Waals surface area contributed by atoms with E-state index in [1.165, 1.54) is 0 Å². The van der Waals surface area contributed by atoms with Gasteiger partial charge in [0.25, 0.3) is 0 Å². The fourth-order valence-corrected chi connectivity index (χ4v) is 1.89. The number of hydrogen-bond donors (Lipinski definition) is 1. The molecule has 0 aromatic heterocycles. The first-order valence-electron chi connectivity index (χ1n) is 5.42. The standard InChI is InChI=1S/C10H19F3N2/c1-8-7-15(9(2)6-14-8)5-3-4-10(11,12)13/h8-9,14H,3-7H2,1-2H3. The number of rotatable bonds is 3. The van der Waals surface area contributed by atoms with Crippen molar-refractivity contribution in [2.45, 2.75) is 44.9 Å². The Morgan fingerprint density at radius 1 is 1.33 bits per heavy atom. The van der Waals surface area contributed by atoms with E-state index in [1.54, 1.807) is 0 Å². The largest absolute Gasteiger partial charge is 0.389 e. The second kappa shape index (κ2) is 5.16. The zero-order valence-corrected chi connectivity index (χ0v) is 9.27. The van der Waals surface area contributed by atoms with Gasteiger partial charge in [0.2, 0.25) is 0 Å². The summed E-state index contributed by atoms with van der Waals surface area (Å²) < 4.78 is 35.9. The average molecular weight is 224 g/mol. The SMILES string of the molecule is CC1CN(CCCC(F)(F)F)C(C)CN1. The van der Waals surface area contributed by atoms with Crippen molar-refractivity contribution in [2.24, 2.45) is 0 Å². The lowest BCUT2D eigenvalue weighted by Gasteiger charge is -2.37. The van der Waals surface area contributed by atoms with E-state index in [1.807, 2.05) is 6.92 Å². The molecule has 0 aromatic carbocycles. The minimum Gasteiger partial charge on any atom is -0.311 e. The van der Waals surface area contributed by atoms with E-state index in [9.17, 15) is 13.2 Å². The summed E-state index contributed by atoms with van der Waals surface area (Å²) in [5, 5.41) is 3.30. The molecule has 0 amide bonds. The molecule has 2 nitrogen and oxygen atoms in total. The minimum atomic E-state index is -4.01. The molecule has 1 aliphatic heterocycles. The van der Waals surface area contributed by atoms with Crippen molar-refractivity contribution in [3.8, 4) is 0 Å². The molecule has 1 N–H and O–H groups in total. The monoisotopic (exact) mass is 224 g/mol. The molecular formula is C10H19F3N2. The molecule has 1 heterocycles. The third kappa shape index (κ3) is 4.84. The predicted molar refractivity (Wildman–Crippen MR) is 53.8 cm³/mol. The summed E-state index contributed by atoms with van der Waals surface area (Å²) in [6.07, 6.45) is -4.47. The zero-order valence-electron chi connectivity index (χ0n) is 9.27. The molecule has 0 aromatic rings. The fraction of sp³-hybridized carbons (Fsp3) is 1.00. The van der Waals surface area contributed by atoms with Crippen LogP contribution in [0, 0.1) is 0 Å². The van der Waals surface area contributed by atoms with Crippen molar-refractivity contribution in [1.29, 1.82) is 0 Å². The second-order valence-electron chi connectivity index (χ2n) is 4.37. The van der Waals surface area contributed by atoms with Gasteiger partial charge in [-0.15, -0.1) is 0 Å². The topological polar surface area (TPSA) is 15.3 Å². The van der Waals surface area contributed by atoms with Crippen LogP contribution in [-0.4, -0.2) is 42.8 Å². The highest BCUT2D eigenvalue weighted by atomic mass is 19.4. The minimum absolute atomic E-state index is 0.209. The van der Waals surface area contributed by atoms with E-state index in [-0.39, 0.29) is 6.42 Å². The van der Waals surface area contributed by atoms with Crippen molar-refractivity contribution in [1.82, 2.24) is 10.2 Å². The first-order valence-corrected chi connectivity index (χ1v) is 5.42. The Balaban J connectivity index is 2.24. The van der Waals surface area contributed by atoms with Crippen LogP contribution in [0.2, 0.25) is 0 Å². The summed E-state index contributed by atoms with van der Waals surface area (Å²) >= 11 is 0. The van der Waals surface area contributed by atoms with Gasteiger partial charge >= 0.3 is 6.18 Å². The van der Waals surface area contributed by atoms with Gasteiger partial charge in [-0.3, -0.25) is 4.90 Å². The number of alkyl halides is 3. The van der Waals surface area contributed by atoms with E-state index in [4.69, 9.17) is 0 Å². The molecule has 1 fully saturated rings. The predicted octanol–water partition coefficient (Wildman–Crippen LogP) is 2.01. The molecule has 0 radical (unpaired) electrons. The molecule has 15 heavy (non-hydrogen) atoms. The van der Waals surface area contributed by atoms with Crippen molar-refractivity contribution >= 4 is 0 Å². The van der Waals surface area contributed by atoms with Gasteiger partial charge in [-0.05, 0) is 26.8 Å². The third-order valence-corrected chi connectivity index (χ3v) is 2.80. The lowest BCUT2D eigenvalue weighted by molar-refractivity contribution is -0.136. The molecule has 0 aliphatic carbocycles. The Morgan fingerprint density at radius 2 is 2.00 bits per heavy atom. The summed E-state index contributed by atoms with van der Waals surface area (Å²) in [6, 6.07) is 0.724. The van der Waals surface area contributed by atoms with Gasteiger partial charge in [0.05, 0.1) is 0 Å². The molecular weight excluding hydrogens is 205 g/mol. The van der Waals surface area contributed by atoms with Gasteiger partial charge < -0.3 is 5.32 Å². The summed E-state index contributed by atoms with van der Waals surface area (Å²) in [4.78, 5) is 2.13. The smallest absolute Gasteiger partial charge is 0.311 e. The van der Waals surface area contributed by atoms with E-state index in [2.05, 4.69) is 17.1 Å². The van der Waals surface area contributed by atoms with Crippen molar-refractivity contribution < 1.29 is 13.2 Å². The Bertz CT molecular complexity index is 194.